The first-order valence-electron chi connectivity index (χ1n) is 11.0. The molecule has 1 aromatic carbocycles. The number of nitrogens with zero attached hydrogens (tertiary/aromatic N) is 5. The molecule has 7 heteroatoms. The lowest BCUT2D eigenvalue weighted by Gasteiger charge is -2.40. The maximum Gasteiger partial charge on any atom is 0.259 e. The summed E-state index contributed by atoms with van der Waals surface area (Å²) in [5.41, 5.74) is 5.33. The van der Waals surface area contributed by atoms with E-state index in [1.54, 1.807) is 0 Å². The Kier molecular flexibility index (Phi) is 6.22. The van der Waals surface area contributed by atoms with Crippen LogP contribution in [0, 0.1) is 20.8 Å². The van der Waals surface area contributed by atoms with Gasteiger partial charge in [-0.25, -0.2) is 4.98 Å². The van der Waals surface area contributed by atoms with Gasteiger partial charge in [-0.05, 0) is 44.4 Å². The topological polar surface area (TPSA) is 53.8 Å². The number of morpholine rings is 1. The van der Waals surface area contributed by atoms with Crippen LogP contribution in [0.4, 0.5) is 11.6 Å². The monoisotopic (exact) mass is 411 g/mol. The van der Waals surface area contributed by atoms with Crippen LogP contribution in [0.2, 0.25) is 0 Å². The fraction of sp³-hybridized carbons (Fsp3) is 0.565. The second-order valence-corrected chi connectivity index (χ2v) is 8.34. The molecule has 1 saturated heterocycles. The van der Waals surface area contributed by atoms with Gasteiger partial charge in [0, 0.05) is 43.1 Å². The quantitative estimate of drug-likeness (QED) is 0.753. The first-order valence-corrected chi connectivity index (χ1v) is 11.0. The second-order valence-electron chi connectivity index (χ2n) is 8.34. The van der Waals surface area contributed by atoms with Crippen molar-refractivity contribution in [3.05, 3.63) is 50.9 Å². The number of fused-ring (bicyclic) bond motifs is 1. The molecule has 1 fully saturated rings. The van der Waals surface area contributed by atoms with Crippen molar-refractivity contribution < 1.29 is 4.74 Å². The molecule has 0 atom stereocenters. The van der Waals surface area contributed by atoms with Crippen LogP contribution in [0.25, 0.3) is 0 Å². The molecule has 2 aliphatic rings. The molecule has 162 valence electrons. The Hall–Kier alpha value is -2.22. The van der Waals surface area contributed by atoms with Crippen LogP contribution in [-0.4, -0.2) is 65.4 Å². The van der Waals surface area contributed by atoms with Crippen molar-refractivity contribution in [2.75, 3.05) is 51.0 Å². The largest absolute Gasteiger partial charge is 0.379 e. The summed E-state index contributed by atoms with van der Waals surface area (Å²) in [6, 6.07) is 6.35. The smallest absolute Gasteiger partial charge is 0.259 e. The molecule has 1 aromatic heterocycles. The fourth-order valence-electron chi connectivity index (χ4n) is 4.40. The molecule has 0 saturated carbocycles. The molecule has 0 unspecified atom stereocenters. The van der Waals surface area contributed by atoms with Gasteiger partial charge in [0.2, 0.25) is 5.95 Å². The zero-order chi connectivity index (χ0) is 21.3. The van der Waals surface area contributed by atoms with Crippen LogP contribution in [0.15, 0.2) is 23.0 Å². The molecule has 4 rings (SSSR count). The molecule has 2 aliphatic heterocycles. The molecule has 30 heavy (non-hydrogen) atoms. The van der Waals surface area contributed by atoms with E-state index in [2.05, 4.69) is 46.7 Å². The summed E-state index contributed by atoms with van der Waals surface area (Å²) in [4.78, 5) is 25.2. The van der Waals surface area contributed by atoms with Gasteiger partial charge in [0.1, 0.15) is 0 Å². The molecular weight excluding hydrogens is 378 g/mol. The highest BCUT2D eigenvalue weighted by molar-refractivity contribution is 5.64. The molecule has 3 heterocycles. The van der Waals surface area contributed by atoms with Crippen LogP contribution in [0.5, 0.6) is 0 Å². The van der Waals surface area contributed by atoms with Gasteiger partial charge in [0.25, 0.3) is 5.56 Å². The maximum atomic E-state index is 13.3. The first kappa shape index (κ1) is 21.0. The highest BCUT2D eigenvalue weighted by Crippen LogP contribution is 2.31. The zero-order valence-corrected chi connectivity index (χ0v) is 18.6. The van der Waals surface area contributed by atoms with E-state index in [9.17, 15) is 4.79 Å². The Morgan fingerprint density at radius 2 is 1.77 bits per heavy atom. The second kappa shape index (κ2) is 8.88. The summed E-state index contributed by atoms with van der Waals surface area (Å²) in [6.07, 6.45) is 0.704. The predicted molar refractivity (Wildman–Crippen MR) is 119 cm³/mol. The zero-order valence-electron chi connectivity index (χ0n) is 18.6. The van der Waals surface area contributed by atoms with E-state index >= 15 is 0 Å². The van der Waals surface area contributed by atoms with Gasteiger partial charge in [-0.2, -0.15) is 0 Å². The number of aromatic nitrogens is 2. The van der Waals surface area contributed by atoms with Crippen molar-refractivity contribution in [1.82, 2.24) is 19.4 Å². The number of hydrogen-bond donors (Lipinski definition) is 0. The minimum atomic E-state index is 0.0892. The maximum absolute atomic E-state index is 13.3. The Balaban J connectivity index is 1.70. The van der Waals surface area contributed by atoms with E-state index in [0.717, 1.165) is 69.0 Å². The SMILES string of the molecule is CCc1c(C)nc2n(c1=O)CN(CCN1CCOCC1)CN2c1cccc(C)c1C. The van der Waals surface area contributed by atoms with Gasteiger partial charge in [-0.3, -0.25) is 24.1 Å². The summed E-state index contributed by atoms with van der Waals surface area (Å²) in [5.74, 6) is 0.756. The number of ether oxygens (including phenoxy) is 1. The van der Waals surface area contributed by atoms with Crippen LogP contribution in [-0.2, 0) is 17.8 Å². The summed E-state index contributed by atoms with van der Waals surface area (Å²) in [7, 11) is 0. The molecule has 0 spiro atoms. The van der Waals surface area contributed by atoms with Crippen molar-refractivity contribution in [2.24, 2.45) is 0 Å². The van der Waals surface area contributed by atoms with Crippen molar-refractivity contribution in [3.8, 4) is 0 Å². The van der Waals surface area contributed by atoms with Gasteiger partial charge in [0.15, 0.2) is 0 Å². The lowest BCUT2D eigenvalue weighted by atomic mass is 10.1. The highest BCUT2D eigenvalue weighted by Gasteiger charge is 2.28. The van der Waals surface area contributed by atoms with E-state index in [1.165, 1.54) is 11.1 Å². The molecule has 0 amide bonds. The summed E-state index contributed by atoms with van der Waals surface area (Å²) >= 11 is 0. The van der Waals surface area contributed by atoms with E-state index in [1.807, 2.05) is 18.4 Å². The van der Waals surface area contributed by atoms with E-state index in [0.29, 0.717) is 13.1 Å². The fourth-order valence-corrected chi connectivity index (χ4v) is 4.40. The van der Waals surface area contributed by atoms with Gasteiger partial charge in [-0.1, -0.05) is 19.1 Å². The van der Waals surface area contributed by atoms with Crippen molar-refractivity contribution in [2.45, 2.75) is 40.8 Å². The molecular formula is C23H33N5O2. The Morgan fingerprint density at radius 1 is 1.03 bits per heavy atom. The summed E-state index contributed by atoms with van der Waals surface area (Å²) < 4.78 is 7.33. The normalized spacial score (nSPS) is 17.9. The van der Waals surface area contributed by atoms with Crippen molar-refractivity contribution >= 4 is 11.6 Å². The molecule has 0 radical (unpaired) electrons. The third-order valence-corrected chi connectivity index (χ3v) is 6.43. The average molecular weight is 412 g/mol. The first-order chi connectivity index (χ1) is 14.5. The van der Waals surface area contributed by atoms with Crippen LogP contribution >= 0.6 is 0 Å². The third-order valence-electron chi connectivity index (χ3n) is 6.43. The molecule has 0 aliphatic carbocycles. The lowest BCUT2D eigenvalue weighted by Crippen LogP contribution is -2.50. The molecule has 0 N–H and O–H groups in total. The van der Waals surface area contributed by atoms with Gasteiger partial charge >= 0.3 is 0 Å². The Labute approximate surface area is 178 Å². The minimum Gasteiger partial charge on any atom is -0.379 e. The van der Waals surface area contributed by atoms with Crippen molar-refractivity contribution in [3.63, 3.8) is 0 Å². The molecule has 2 aromatic rings. The molecule has 7 nitrogen and oxygen atoms in total. The molecule has 0 bridgehead atoms. The third kappa shape index (κ3) is 4.02. The average Bonchev–Trinajstić information content (AvgIpc) is 2.75. The summed E-state index contributed by atoms with van der Waals surface area (Å²) in [6.45, 7) is 15.0. The number of rotatable bonds is 5. The van der Waals surface area contributed by atoms with Crippen LogP contribution in [0.3, 0.4) is 0 Å². The number of anilines is 2. The Morgan fingerprint density at radius 3 is 2.50 bits per heavy atom. The van der Waals surface area contributed by atoms with Gasteiger partial charge in [0.05, 0.1) is 26.6 Å². The van der Waals surface area contributed by atoms with E-state index in [4.69, 9.17) is 9.72 Å². The summed E-state index contributed by atoms with van der Waals surface area (Å²) in [5, 5.41) is 0. The minimum absolute atomic E-state index is 0.0892. The Bertz CT molecular complexity index is 965. The highest BCUT2D eigenvalue weighted by atomic mass is 16.5. The van der Waals surface area contributed by atoms with Crippen LogP contribution < -0.4 is 10.5 Å². The van der Waals surface area contributed by atoms with Gasteiger partial charge in [-0.15, -0.1) is 0 Å². The lowest BCUT2D eigenvalue weighted by molar-refractivity contribution is 0.0310. The van der Waals surface area contributed by atoms with E-state index in [-0.39, 0.29) is 5.56 Å². The van der Waals surface area contributed by atoms with Gasteiger partial charge < -0.3 is 4.74 Å². The predicted octanol–water partition coefficient (Wildman–Crippen LogP) is 2.43. The number of benzene rings is 1. The number of hydrogen-bond acceptors (Lipinski definition) is 6. The van der Waals surface area contributed by atoms with Crippen molar-refractivity contribution in [1.29, 1.82) is 0 Å². The van der Waals surface area contributed by atoms with E-state index < -0.39 is 0 Å². The number of aryl methyl sites for hydroxylation is 2. The standard InChI is InChI=1S/C23H33N5O2/c1-5-20-19(4)24-23-27(21-8-6-7-17(2)18(21)3)15-26(16-28(23)22(20)29)10-9-25-11-13-30-14-12-25/h6-8H,5,9-16H2,1-4H3. The van der Waals surface area contributed by atoms with Crippen LogP contribution in [0.1, 0.15) is 29.3 Å².